The molecule has 0 N–H and O–H groups in total. The lowest BCUT2D eigenvalue weighted by Crippen LogP contribution is -2.56. The van der Waals surface area contributed by atoms with E-state index in [4.69, 9.17) is 4.74 Å². The minimum absolute atomic E-state index is 0.0639. The zero-order chi connectivity index (χ0) is 16.5. The van der Waals surface area contributed by atoms with Crippen molar-refractivity contribution >= 4 is 16.1 Å². The fraction of sp³-hybridized carbons (Fsp3) is 0.438. The lowest BCUT2D eigenvalue weighted by molar-refractivity contribution is -0.0220. The van der Waals surface area contributed by atoms with Gasteiger partial charge < -0.3 is 4.74 Å². The Balaban J connectivity index is 2.46. The molecule has 0 aliphatic carbocycles. The van der Waals surface area contributed by atoms with Crippen LogP contribution in [0.3, 0.4) is 0 Å². The van der Waals surface area contributed by atoms with E-state index in [9.17, 15) is 13.2 Å². The number of ether oxygens (including phenoxy) is 1. The highest BCUT2D eigenvalue weighted by Gasteiger charge is 2.46. The van der Waals surface area contributed by atoms with Crippen LogP contribution in [0.5, 0.6) is 0 Å². The Labute approximate surface area is 131 Å². The zero-order valence-electron chi connectivity index (χ0n) is 13.0. The molecule has 6 heteroatoms. The fourth-order valence-electron chi connectivity index (χ4n) is 2.82. The maximum absolute atomic E-state index is 12.8. The number of amides is 1. The number of carbonyl (C=O) groups excluding carboxylic acids is 1. The molecule has 0 saturated carbocycles. The molecule has 1 amide bonds. The summed E-state index contributed by atoms with van der Waals surface area (Å²) in [5.74, 6) is -0.0725. The van der Waals surface area contributed by atoms with Gasteiger partial charge in [0.1, 0.15) is 6.10 Å². The second-order valence-corrected chi connectivity index (χ2v) is 7.61. The van der Waals surface area contributed by atoms with Crippen molar-refractivity contribution in [3.05, 3.63) is 43.0 Å². The Hall–Kier alpha value is -1.82. The number of rotatable bonds is 4. The van der Waals surface area contributed by atoms with Gasteiger partial charge in [-0.3, -0.25) is 0 Å². The highest BCUT2D eigenvalue weighted by Crippen LogP contribution is 2.33. The van der Waals surface area contributed by atoms with Crippen LogP contribution in [0, 0.1) is 11.8 Å². The number of nitrogens with zero attached hydrogens (tertiary/aromatic N) is 1. The molecule has 1 aliphatic heterocycles. The van der Waals surface area contributed by atoms with Crippen molar-refractivity contribution in [1.82, 2.24) is 4.31 Å². The molecule has 22 heavy (non-hydrogen) atoms. The smallest absolute Gasteiger partial charge is 0.424 e. The van der Waals surface area contributed by atoms with E-state index in [1.165, 1.54) is 18.2 Å². The van der Waals surface area contributed by atoms with Gasteiger partial charge in [-0.1, -0.05) is 45.0 Å². The zero-order valence-corrected chi connectivity index (χ0v) is 13.8. The van der Waals surface area contributed by atoms with Crippen LogP contribution in [0.2, 0.25) is 0 Å². The molecule has 1 saturated heterocycles. The lowest BCUT2D eigenvalue weighted by atomic mass is 9.87. The van der Waals surface area contributed by atoms with Crippen molar-refractivity contribution < 1.29 is 17.9 Å². The summed E-state index contributed by atoms with van der Waals surface area (Å²) in [4.78, 5) is 12.4. The summed E-state index contributed by atoms with van der Waals surface area (Å²) in [6.07, 6.45) is 0.323. The summed E-state index contributed by atoms with van der Waals surface area (Å²) in [5, 5.41) is 0. The molecule has 1 fully saturated rings. The second-order valence-electron chi connectivity index (χ2n) is 5.79. The molecule has 2 rings (SSSR count). The standard InChI is InChI=1S/C16H21NO4S/c1-5-14-12(4)15(11(2)3)21-16(18)17(14)22(19,20)13-9-7-6-8-10-13/h5-12,14-15H,1H2,2-4H3/t12-,14+,15-/m0/s1. The van der Waals surface area contributed by atoms with E-state index in [2.05, 4.69) is 6.58 Å². The first-order chi connectivity index (χ1) is 10.3. The molecule has 5 nitrogen and oxygen atoms in total. The molecule has 1 heterocycles. The predicted octanol–water partition coefficient (Wildman–Crippen LogP) is 3.04. The topological polar surface area (TPSA) is 63.7 Å². The van der Waals surface area contributed by atoms with E-state index in [1.54, 1.807) is 18.2 Å². The van der Waals surface area contributed by atoms with Gasteiger partial charge in [-0.25, -0.2) is 13.2 Å². The Morgan fingerprint density at radius 2 is 1.86 bits per heavy atom. The molecule has 0 aromatic heterocycles. The third kappa shape index (κ3) is 2.75. The van der Waals surface area contributed by atoms with Gasteiger partial charge in [-0.2, -0.15) is 4.31 Å². The Bertz CT molecular complexity index is 654. The minimum Gasteiger partial charge on any atom is -0.445 e. The van der Waals surface area contributed by atoms with Crippen LogP contribution in [-0.2, 0) is 14.8 Å². The fourth-order valence-corrected chi connectivity index (χ4v) is 4.39. The number of hydrogen-bond donors (Lipinski definition) is 0. The molecule has 0 unspecified atom stereocenters. The van der Waals surface area contributed by atoms with E-state index in [1.807, 2.05) is 20.8 Å². The van der Waals surface area contributed by atoms with Crippen LogP contribution in [-0.4, -0.2) is 31.0 Å². The van der Waals surface area contributed by atoms with Crippen molar-refractivity contribution in [2.75, 3.05) is 0 Å². The summed E-state index contributed by atoms with van der Waals surface area (Å²) < 4.78 is 31.7. The molecule has 0 spiro atoms. The summed E-state index contributed by atoms with van der Waals surface area (Å²) in [6, 6.07) is 7.25. The highest BCUT2D eigenvalue weighted by molar-refractivity contribution is 7.89. The number of sulfonamides is 1. The summed E-state index contributed by atoms with van der Waals surface area (Å²) >= 11 is 0. The predicted molar refractivity (Wildman–Crippen MR) is 83.7 cm³/mol. The van der Waals surface area contributed by atoms with Gasteiger partial charge in [-0.05, 0) is 18.1 Å². The average molecular weight is 323 g/mol. The number of carbonyl (C=O) groups is 1. The van der Waals surface area contributed by atoms with Gasteiger partial charge in [0.15, 0.2) is 0 Å². The number of benzene rings is 1. The summed E-state index contributed by atoms with van der Waals surface area (Å²) in [6.45, 7) is 9.46. The van der Waals surface area contributed by atoms with E-state index in [0.717, 1.165) is 4.31 Å². The maximum Gasteiger partial charge on any atom is 0.424 e. The number of hydrogen-bond acceptors (Lipinski definition) is 4. The first-order valence-electron chi connectivity index (χ1n) is 7.23. The van der Waals surface area contributed by atoms with Crippen LogP contribution in [0.15, 0.2) is 47.9 Å². The van der Waals surface area contributed by atoms with Gasteiger partial charge >= 0.3 is 6.09 Å². The maximum atomic E-state index is 12.8. The summed E-state index contributed by atoms with van der Waals surface area (Å²) in [7, 11) is -3.97. The molecule has 1 aliphatic rings. The molecule has 0 bridgehead atoms. The van der Waals surface area contributed by atoms with E-state index in [-0.39, 0.29) is 22.8 Å². The normalized spacial score (nSPS) is 25.9. The van der Waals surface area contributed by atoms with Crippen molar-refractivity contribution in [2.45, 2.75) is 37.8 Å². The quantitative estimate of drug-likeness (QED) is 0.799. The molecule has 120 valence electrons. The second kappa shape index (κ2) is 6.12. The van der Waals surface area contributed by atoms with Crippen molar-refractivity contribution in [3.63, 3.8) is 0 Å². The highest BCUT2D eigenvalue weighted by atomic mass is 32.2. The van der Waals surface area contributed by atoms with Gasteiger partial charge in [0.25, 0.3) is 10.0 Å². The SMILES string of the molecule is C=C[C@@H]1[C@H](C)[C@H](C(C)C)OC(=O)N1S(=O)(=O)c1ccccc1. The molecule has 3 atom stereocenters. The van der Waals surface area contributed by atoms with Gasteiger partial charge in [0.2, 0.25) is 0 Å². The molecular formula is C16H21NO4S. The third-order valence-electron chi connectivity index (χ3n) is 3.94. The van der Waals surface area contributed by atoms with Crippen LogP contribution in [0.4, 0.5) is 4.79 Å². The third-order valence-corrected chi connectivity index (χ3v) is 5.72. The Kier molecular flexibility index (Phi) is 4.60. The largest absolute Gasteiger partial charge is 0.445 e. The average Bonchev–Trinajstić information content (AvgIpc) is 2.49. The van der Waals surface area contributed by atoms with Crippen molar-refractivity contribution in [2.24, 2.45) is 11.8 Å². The first kappa shape index (κ1) is 16.5. The van der Waals surface area contributed by atoms with Crippen LogP contribution in [0.25, 0.3) is 0 Å². The Morgan fingerprint density at radius 3 is 2.36 bits per heavy atom. The van der Waals surface area contributed by atoms with Gasteiger partial charge in [0, 0.05) is 5.92 Å². The minimum atomic E-state index is -3.97. The monoisotopic (exact) mass is 323 g/mol. The van der Waals surface area contributed by atoms with Gasteiger partial charge in [0.05, 0.1) is 10.9 Å². The van der Waals surface area contributed by atoms with Gasteiger partial charge in [-0.15, -0.1) is 6.58 Å². The van der Waals surface area contributed by atoms with E-state index < -0.39 is 22.2 Å². The van der Waals surface area contributed by atoms with Crippen molar-refractivity contribution in [3.8, 4) is 0 Å². The van der Waals surface area contributed by atoms with Crippen molar-refractivity contribution in [1.29, 1.82) is 0 Å². The Morgan fingerprint density at radius 1 is 1.27 bits per heavy atom. The van der Waals surface area contributed by atoms with E-state index >= 15 is 0 Å². The lowest BCUT2D eigenvalue weighted by Gasteiger charge is -2.42. The summed E-state index contributed by atoms with van der Waals surface area (Å²) in [5.41, 5.74) is 0. The van der Waals surface area contributed by atoms with Crippen LogP contribution < -0.4 is 0 Å². The first-order valence-corrected chi connectivity index (χ1v) is 8.67. The molecular weight excluding hydrogens is 302 g/mol. The molecule has 0 radical (unpaired) electrons. The van der Waals surface area contributed by atoms with E-state index in [0.29, 0.717) is 0 Å². The van der Waals surface area contributed by atoms with Crippen LogP contribution in [0.1, 0.15) is 20.8 Å². The molecule has 1 aromatic rings. The van der Waals surface area contributed by atoms with Crippen LogP contribution >= 0.6 is 0 Å². The number of cyclic esters (lactones) is 1. The molecule has 1 aromatic carbocycles.